The maximum Gasteiger partial charge on any atom is 0.224 e. The van der Waals surface area contributed by atoms with Gasteiger partial charge in [-0.1, -0.05) is 31.7 Å². The van der Waals surface area contributed by atoms with Crippen molar-refractivity contribution >= 4 is 11.6 Å². The van der Waals surface area contributed by atoms with Crippen molar-refractivity contribution in [3.05, 3.63) is 29.3 Å². The van der Waals surface area contributed by atoms with Gasteiger partial charge < -0.3 is 10.6 Å². The van der Waals surface area contributed by atoms with E-state index in [1.54, 1.807) is 0 Å². The quantitative estimate of drug-likeness (QED) is 0.883. The first-order valence-corrected chi connectivity index (χ1v) is 7.93. The number of hydrogen-bond donors (Lipinski definition) is 2. The van der Waals surface area contributed by atoms with Gasteiger partial charge in [0.1, 0.15) is 0 Å². The van der Waals surface area contributed by atoms with E-state index in [1.165, 1.54) is 36.8 Å². The predicted molar refractivity (Wildman–Crippen MR) is 81.7 cm³/mol. The Morgan fingerprint density at radius 1 is 1.25 bits per heavy atom. The van der Waals surface area contributed by atoms with Crippen molar-refractivity contribution in [2.75, 3.05) is 11.9 Å². The Bertz CT molecular complexity index is 478. The number of carbonyl (C=O) groups is 1. The molecule has 2 N–H and O–H groups in total. The summed E-state index contributed by atoms with van der Waals surface area (Å²) in [6.07, 6.45) is 8.15. The number of benzene rings is 1. The molecule has 1 heterocycles. The fraction of sp³-hybridized carbons (Fsp3) is 0.588. The van der Waals surface area contributed by atoms with Crippen LogP contribution >= 0.6 is 0 Å². The van der Waals surface area contributed by atoms with Gasteiger partial charge in [0.05, 0.1) is 0 Å². The molecule has 2 aliphatic rings. The first kappa shape index (κ1) is 13.6. The van der Waals surface area contributed by atoms with Crippen LogP contribution in [-0.2, 0) is 17.8 Å². The number of rotatable bonds is 4. The molecule has 0 aromatic heterocycles. The Morgan fingerprint density at radius 3 is 2.95 bits per heavy atom. The monoisotopic (exact) mass is 272 g/mol. The molecule has 20 heavy (non-hydrogen) atoms. The predicted octanol–water partition coefficient (Wildman–Crippen LogP) is 3.24. The molecule has 3 heteroatoms. The van der Waals surface area contributed by atoms with E-state index in [-0.39, 0.29) is 5.91 Å². The highest BCUT2D eigenvalue weighted by molar-refractivity contribution is 5.90. The third-order valence-electron chi connectivity index (χ3n) is 4.63. The van der Waals surface area contributed by atoms with E-state index >= 15 is 0 Å². The number of carbonyl (C=O) groups excluding carboxylic acids is 1. The molecule has 1 aliphatic heterocycles. The SMILES string of the molecule is O=C(CCC1CCCC1)Nc1ccc2c(c1)CNCC2. The van der Waals surface area contributed by atoms with Gasteiger partial charge >= 0.3 is 0 Å². The minimum Gasteiger partial charge on any atom is -0.326 e. The number of amides is 1. The molecule has 1 aromatic carbocycles. The highest BCUT2D eigenvalue weighted by Crippen LogP contribution is 2.28. The van der Waals surface area contributed by atoms with E-state index in [9.17, 15) is 4.79 Å². The van der Waals surface area contributed by atoms with Crippen LogP contribution in [0, 0.1) is 5.92 Å². The van der Waals surface area contributed by atoms with Gasteiger partial charge in [-0.25, -0.2) is 0 Å². The molecule has 0 unspecified atom stereocenters. The first-order valence-electron chi connectivity index (χ1n) is 7.93. The fourth-order valence-electron chi connectivity index (χ4n) is 3.42. The zero-order chi connectivity index (χ0) is 13.8. The molecule has 1 aromatic rings. The van der Waals surface area contributed by atoms with Crippen molar-refractivity contribution in [1.29, 1.82) is 0 Å². The third-order valence-corrected chi connectivity index (χ3v) is 4.63. The van der Waals surface area contributed by atoms with Crippen molar-refractivity contribution < 1.29 is 4.79 Å². The lowest BCUT2D eigenvalue weighted by atomic mass is 10.00. The molecule has 0 radical (unpaired) electrons. The third kappa shape index (κ3) is 3.40. The summed E-state index contributed by atoms with van der Waals surface area (Å²) in [7, 11) is 0. The molecular weight excluding hydrogens is 248 g/mol. The van der Waals surface area contributed by atoms with E-state index < -0.39 is 0 Å². The zero-order valence-electron chi connectivity index (χ0n) is 12.1. The Hall–Kier alpha value is -1.35. The van der Waals surface area contributed by atoms with Crippen LogP contribution in [0.15, 0.2) is 18.2 Å². The highest BCUT2D eigenvalue weighted by atomic mass is 16.1. The largest absolute Gasteiger partial charge is 0.326 e. The molecule has 1 saturated carbocycles. The summed E-state index contributed by atoms with van der Waals surface area (Å²) in [4.78, 5) is 12.0. The Balaban J connectivity index is 1.52. The summed E-state index contributed by atoms with van der Waals surface area (Å²) in [5, 5.41) is 6.42. The second-order valence-corrected chi connectivity index (χ2v) is 6.15. The fourth-order valence-corrected chi connectivity index (χ4v) is 3.42. The zero-order valence-corrected chi connectivity index (χ0v) is 12.1. The normalized spacial score (nSPS) is 18.8. The average molecular weight is 272 g/mol. The molecule has 0 spiro atoms. The van der Waals surface area contributed by atoms with Crippen molar-refractivity contribution in [2.24, 2.45) is 5.92 Å². The average Bonchev–Trinajstić information content (AvgIpc) is 2.98. The number of hydrogen-bond acceptors (Lipinski definition) is 2. The van der Waals surface area contributed by atoms with Crippen LogP contribution in [0.3, 0.4) is 0 Å². The molecule has 0 atom stereocenters. The maximum absolute atomic E-state index is 12.0. The molecule has 1 fully saturated rings. The van der Waals surface area contributed by atoms with Gasteiger partial charge in [-0.3, -0.25) is 4.79 Å². The van der Waals surface area contributed by atoms with Gasteiger partial charge in [0.2, 0.25) is 5.91 Å². The summed E-state index contributed by atoms with van der Waals surface area (Å²) in [6.45, 7) is 1.97. The van der Waals surface area contributed by atoms with Crippen LogP contribution < -0.4 is 10.6 Å². The van der Waals surface area contributed by atoms with E-state index in [1.807, 2.05) is 6.07 Å². The van der Waals surface area contributed by atoms with Crippen LogP contribution in [0.4, 0.5) is 5.69 Å². The standard InChI is InChI=1S/C17H24N2O/c20-17(8-5-13-3-1-2-4-13)19-16-7-6-14-9-10-18-12-15(14)11-16/h6-7,11,13,18H,1-5,8-10,12H2,(H,19,20). The van der Waals surface area contributed by atoms with Gasteiger partial charge in [0.15, 0.2) is 0 Å². The number of anilines is 1. The van der Waals surface area contributed by atoms with Gasteiger partial charge in [-0.15, -0.1) is 0 Å². The van der Waals surface area contributed by atoms with E-state index in [0.717, 1.165) is 37.5 Å². The van der Waals surface area contributed by atoms with Gasteiger partial charge in [-0.05, 0) is 48.6 Å². The Morgan fingerprint density at radius 2 is 2.10 bits per heavy atom. The second-order valence-electron chi connectivity index (χ2n) is 6.15. The minimum atomic E-state index is 0.167. The van der Waals surface area contributed by atoms with Gasteiger partial charge in [0.25, 0.3) is 0 Å². The molecule has 1 aliphatic carbocycles. The lowest BCUT2D eigenvalue weighted by molar-refractivity contribution is -0.116. The molecular formula is C17H24N2O. The van der Waals surface area contributed by atoms with Crippen molar-refractivity contribution in [3.63, 3.8) is 0 Å². The molecule has 108 valence electrons. The van der Waals surface area contributed by atoms with Crippen LogP contribution in [0.25, 0.3) is 0 Å². The van der Waals surface area contributed by atoms with Crippen LogP contribution in [0.1, 0.15) is 49.7 Å². The molecule has 0 bridgehead atoms. The van der Waals surface area contributed by atoms with Gasteiger partial charge in [0, 0.05) is 18.7 Å². The van der Waals surface area contributed by atoms with Crippen LogP contribution in [-0.4, -0.2) is 12.5 Å². The summed E-state index contributed by atoms with van der Waals surface area (Å²) < 4.78 is 0. The lowest BCUT2D eigenvalue weighted by Crippen LogP contribution is -2.23. The summed E-state index contributed by atoms with van der Waals surface area (Å²) >= 11 is 0. The number of nitrogens with one attached hydrogen (secondary N) is 2. The van der Waals surface area contributed by atoms with Crippen LogP contribution in [0.5, 0.6) is 0 Å². The van der Waals surface area contributed by atoms with Crippen molar-refractivity contribution in [3.8, 4) is 0 Å². The topological polar surface area (TPSA) is 41.1 Å². The van der Waals surface area contributed by atoms with Crippen molar-refractivity contribution in [1.82, 2.24) is 5.32 Å². The molecule has 3 rings (SSSR count). The maximum atomic E-state index is 12.0. The summed E-state index contributed by atoms with van der Waals surface area (Å²) in [5.74, 6) is 0.953. The first-order chi connectivity index (χ1) is 9.81. The smallest absolute Gasteiger partial charge is 0.224 e. The molecule has 1 amide bonds. The lowest BCUT2D eigenvalue weighted by Gasteiger charge is -2.18. The van der Waals surface area contributed by atoms with Gasteiger partial charge in [-0.2, -0.15) is 0 Å². The minimum absolute atomic E-state index is 0.167. The number of fused-ring (bicyclic) bond motifs is 1. The highest BCUT2D eigenvalue weighted by Gasteiger charge is 2.16. The molecule has 3 nitrogen and oxygen atoms in total. The Kier molecular flexibility index (Phi) is 4.36. The second kappa shape index (κ2) is 6.40. The van der Waals surface area contributed by atoms with Crippen molar-refractivity contribution in [2.45, 2.75) is 51.5 Å². The van der Waals surface area contributed by atoms with E-state index in [2.05, 4.69) is 22.8 Å². The Labute approximate surface area is 121 Å². The van der Waals surface area contributed by atoms with Crippen LogP contribution in [0.2, 0.25) is 0 Å². The molecule has 0 saturated heterocycles. The van der Waals surface area contributed by atoms with E-state index in [4.69, 9.17) is 0 Å². The summed E-state index contributed by atoms with van der Waals surface area (Å²) in [5.41, 5.74) is 3.68. The summed E-state index contributed by atoms with van der Waals surface area (Å²) in [6, 6.07) is 6.31. The van der Waals surface area contributed by atoms with E-state index in [0.29, 0.717) is 6.42 Å².